The largest absolute Gasteiger partial charge is 0.445 e. The number of hydrogen-bond acceptors (Lipinski definition) is 3. The normalized spacial score (nSPS) is 11.6. The number of amides is 1. The van der Waals surface area contributed by atoms with Crippen molar-refractivity contribution in [3.8, 4) is 0 Å². The maximum atomic E-state index is 12.5. The van der Waals surface area contributed by atoms with Gasteiger partial charge in [0.05, 0.1) is 6.04 Å². The van der Waals surface area contributed by atoms with E-state index in [0.717, 1.165) is 5.56 Å². The van der Waals surface area contributed by atoms with E-state index in [1.165, 1.54) is 4.90 Å². The third-order valence-corrected chi connectivity index (χ3v) is 3.71. The molecule has 0 saturated carbocycles. The summed E-state index contributed by atoms with van der Waals surface area (Å²) in [6.07, 6.45) is 0.0370. The molecule has 4 heteroatoms. The summed E-state index contributed by atoms with van der Waals surface area (Å²) < 4.78 is 5.29. The van der Waals surface area contributed by atoms with Gasteiger partial charge in [-0.05, 0) is 12.0 Å². The molecule has 2 aromatic rings. The van der Waals surface area contributed by atoms with E-state index in [1.807, 2.05) is 55.5 Å². The Kier molecular flexibility index (Phi) is 5.92. The Morgan fingerprint density at radius 1 is 1.00 bits per heavy atom. The molecule has 23 heavy (non-hydrogen) atoms. The molecule has 0 heterocycles. The van der Waals surface area contributed by atoms with E-state index >= 15 is 0 Å². The minimum atomic E-state index is -0.527. The molecule has 1 atom stereocenters. The van der Waals surface area contributed by atoms with Crippen LogP contribution in [0.4, 0.5) is 4.79 Å². The summed E-state index contributed by atoms with van der Waals surface area (Å²) in [6.45, 7) is 2.08. The highest BCUT2D eigenvalue weighted by Crippen LogP contribution is 2.13. The Morgan fingerprint density at radius 2 is 1.57 bits per heavy atom. The SMILES string of the molecule is CCC(C(=O)c1ccccc1)N(C)C(=O)OCc1ccccc1. The summed E-state index contributed by atoms with van der Waals surface area (Å²) in [5, 5.41) is 0. The van der Waals surface area contributed by atoms with E-state index in [1.54, 1.807) is 19.2 Å². The second kappa shape index (κ2) is 8.13. The molecule has 0 saturated heterocycles. The zero-order valence-corrected chi connectivity index (χ0v) is 13.4. The number of likely N-dealkylation sites (N-methyl/N-ethyl adjacent to an activating group) is 1. The number of Topliss-reactive ketones (excluding diaryl/α,β-unsaturated/α-hetero) is 1. The van der Waals surface area contributed by atoms with Gasteiger partial charge in [0, 0.05) is 12.6 Å². The maximum absolute atomic E-state index is 12.5. The fourth-order valence-electron chi connectivity index (χ4n) is 2.38. The lowest BCUT2D eigenvalue weighted by Gasteiger charge is -2.25. The van der Waals surface area contributed by atoms with Gasteiger partial charge >= 0.3 is 6.09 Å². The lowest BCUT2D eigenvalue weighted by atomic mass is 10.0. The molecule has 0 spiro atoms. The number of rotatable bonds is 6. The van der Waals surface area contributed by atoms with E-state index in [4.69, 9.17) is 4.74 Å². The lowest BCUT2D eigenvalue weighted by Crippen LogP contribution is -2.42. The number of hydrogen-bond donors (Lipinski definition) is 0. The van der Waals surface area contributed by atoms with Crippen LogP contribution >= 0.6 is 0 Å². The highest BCUT2D eigenvalue weighted by molar-refractivity contribution is 6.01. The highest BCUT2D eigenvalue weighted by Gasteiger charge is 2.27. The van der Waals surface area contributed by atoms with Gasteiger partial charge in [-0.25, -0.2) is 4.79 Å². The first kappa shape index (κ1) is 16.7. The third kappa shape index (κ3) is 4.42. The fraction of sp³-hybridized carbons (Fsp3) is 0.263. The molecule has 4 nitrogen and oxygen atoms in total. The molecule has 0 aliphatic heterocycles. The molecule has 120 valence electrons. The molecular weight excluding hydrogens is 290 g/mol. The van der Waals surface area contributed by atoms with Crippen LogP contribution in [-0.2, 0) is 11.3 Å². The summed E-state index contributed by atoms with van der Waals surface area (Å²) in [6, 6.07) is 17.9. The van der Waals surface area contributed by atoms with Crippen molar-refractivity contribution < 1.29 is 14.3 Å². The van der Waals surface area contributed by atoms with Crippen molar-refractivity contribution in [3.63, 3.8) is 0 Å². The molecule has 0 radical (unpaired) electrons. The van der Waals surface area contributed by atoms with E-state index in [-0.39, 0.29) is 12.4 Å². The van der Waals surface area contributed by atoms with E-state index in [0.29, 0.717) is 12.0 Å². The maximum Gasteiger partial charge on any atom is 0.410 e. The standard InChI is InChI=1S/C19H21NO3/c1-3-17(18(21)16-12-8-5-9-13-16)20(2)19(22)23-14-15-10-6-4-7-11-15/h4-13,17H,3,14H2,1-2H3. The number of ether oxygens (including phenoxy) is 1. The lowest BCUT2D eigenvalue weighted by molar-refractivity contribution is 0.0712. The van der Waals surface area contributed by atoms with Crippen molar-refractivity contribution in [1.29, 1.82) is 0 Å². The first-order valence-electron chi connectivity index (χ1n) is 7.66. The van der Waals surface area contributed by atoms with Crippen LogP contribution in [-0.4, -0.2) is 29.9 Å². The predicted molar refractivity (Wildman–Crippen MR) is 89.2 cm³/mol. The van der Waals surface area contributed by atoms with Crippen LogP contribution in [0.5, 0.6) is 0 Å². The number of benzene rings is 2. The number of carbonyl (C=O) groups excluding carboxylic acids is 2. The predicted octanol–water partition coefficient (Wildman–Crippen LogP) is 3.92. The van der Waals surface area contributed by atoms with Crippen LogP contribution in [0.1, 0.15) is 29.3 Å². The summed E-state index contributed by atoms with van der Waals surface area (Å²) in [7, 11) is 1.60. The molecule has 0 aliphatic rings. The second-order valence-corrected chi connectivity index (χ2v) is 5.31. The number of carbonyl (C=O) groups is 2. The first-order valence-corrected chi connectivity index (χ1v) is 7.66. The molecule has 0 bridgehead atoms. The van der Waals surface area contributed by atoms with Gasteiger partial charge < -0.3 is 9.64 Å². The van der Waals surface area contributed by atoms with Gasteiger partial charge in [-0.3, -0.25) is 4.79 Å². The van der Waals surface area contributed by atoms with Crippen LogP contribution in [0.3, 0.4) is 0 Å². The zero-order chi connectivity index (χ0) is 16.7. The van der Waals surface area contributed by atoms with Crippen LogP contribution in [0.2, 0.25) is 0 Å². The van der Waals surface area contributed by atoms with Gasteiger partial charge in [0.25, 0.3) is 0 Å². The van der Waals surface area contributed by atoms with Gasteiger partial charge in [0.1, 0.15) is 6.61 Å². The molecule has 1 unspecified atom stereocenters. The topological polar surface area (TPSA) is 46.6 Å². The van der Waals surface area contributed by atoms with Crippen molar-refractivity contribution in [2.45, 2.75) is 26.0 Å². The Hall–Kier alpha value is -2.62. The highest BCUT2D eigenvalue weighted by atomic mass is 16.6. The van der Waals surface area contributed by atoms with Crippen LogP contribution in [0, 0.1) is 0 Å². The quantitative estimate of drug-likeness (QED) is 0.760. The summed E-state index contributed by atoms with van der Waals surface area (Å²) in [5.41, 5.74) is 1.51. The average molecular weight is 311 g/mol. The summed E-state index contributed by atoms with van der Waals surface area (Å²) in [5.74, 6) is -0.0766. The van der Waals surface area contributed by atoms with E-state index < -0.39 is 12.1 Å². The van der Waals surface area contributed by atoms with Gasteiger partial charge in [-0.15, -0.1) is 0 Å². The Balaban J connectivity index is 2.00. The van der Waals surface area contributed by atoms with Gasteiger partial charge in [0.2, 0.25) is 0 Å². The minimum Gasteiger partial charge on any atom is -0.445 e. The smallest absolute Gasteiger partial charge is 0.410 e. The average Bonchev–Trinajstić information content (AvgIpc) is 2.61. The molecule has 1 amide bonds. The molecule has 0 aliphatic carbocycles. The van der Waals surface area contributed by atoms with Crippen molar-refractivity contribution in [3.05, 3.63) is 71.8 Å². The van der Waals surface area contributed by atoms with Crippen LogP contribution in [0.25, 0.3) is 0 Å². The van der Waals surface area contributed by atoms with E-state index in [9.17, 15) is 9.59 Å². The van der Waals surface area contributed by atoms with Crippen molar-refractivity contribution in [2.24, 2.45) is 0 Å². The Bertz CT molecular complexity index is 640. The first-order chi connectivity index (χ1) is 11.1. The zero-order valence-electron chi connectivity index (χ0n) is 13.4. The molecular formula is C19H21NO3. The fourth-order valence-corrected chi connectivity index (χ4v) is 2.38. The molecule has 2 aromatic carbocycles. The molecule has 2 rings (SSSR count). The van der Waals surface area contributed by atoms with Crippen molar-refractivity contribution >= 4 is 11.9 Å². The summed E-state index contributed by atoms with van der Waals surface area (Å²) in [4.78, 5) is 26.1. The Morgan fingerprint density at radius 3 is 2.13 bits per heavy atom. The van der Waals surface area contributed by atoms with Crippen LogP contribution < -0.4 is 0 Å². The second-order valence-electron chi connectivity index (χ2n) is 5.31. The third-order valence-electron chi connectivity index (χ3n) is 3.71. The molecule has 0 N–H and O–H groups in total. The van der Waals surface area contributed by atoms with Crippen molar-refractivity contribution in [1.82, 2.24) is 4.90 Å². The van der Waals surface area contributed by atoms with Gasteiger partial charge in [-0.2, -0.15) is 0 Å². The molecule has 0 fully saturated rings. The minimum absolute atomic E-state index is 0.0766. The monoisotopic (exact) mass is 311 g/mol. The number of ketones is 1. The van der Waals surface area contributed by atoms with Gasteiger partial charge in [0.15, 0.2) is 5.78 Å². The summed E-state index contributed by atoms with van der Waals surface area (Å²) >= 11 is 0. The molecule has 0 aromatic heterocycles. The number of nitrogens with zero attached hydrogens (tertiary/aromatic N) is 1. The Labute approximate surface area is 136 Å². The van der Waals surface area contributed by atoms with Crippen molar-refractivity contribution in [2.75, 3.05) is 7.05 Å². The van der Waals surface area contributed by atoms with Gasteiger partial charge in [-0.1, -0.05) is 67.6 Å². The van der Waals surface area contributed by atoms with Crippen LogP contribution in [0.15, 0.2) is 60.7 Å². The van der Waals surface area contributed by atoms with E-state index in [2.05, 4.69) is 0 Å².